The first kappa shape index (κ1) is 14.6. The van der Waals surface area contributed by atoms with Gasteiger partial charge in [0.05, 0.1) is 0 Å². The van der Waals surface area contributed by atoms with Gasteiger partial charge in [-0.05, 0) is 26.9 Å². The van der Waals surface area contributed by atoms with Gasteiger partial charge in [-0.25, -0.2) is 0 Å². The molecule has 0 aliphatic carbocycles. The van der Waals surface area contributed by atoms with Crippen LogP contribution >= 0.6 is 0 Å². The van der Waals surface area contributed by atoms with E-state index in [-0.39, 0.29) is 11.9 Å². The summed E-state index contributed by atoms with van der Waals surface area (Å²) < 4.78 is 16.3. The quantitative estimate of drug-likeness (QED) is 0.500. The van der Waals surface area contributed by atoms with Gasteiger partial charge in [0, 0.05) is 19.6 Å². The second kappa shape index (κ2) is 6.98. The van der Waals surface area contributed by atoms with Crippen LogP contribution in [-0.4, -0.2) is 33.4 Å². The smallest absolute Gasteiger partial charge is 0.306 e. The zero-order valence-corrected chi connectivity index (χ0v) is 11.3. The molecule has 0 aliphatic heterocycles. The van der Waals surface area contributed by atoms with Crippen LogP contribution in [0.15, 0.2) is 0 Å². The standard InChI is InChI=1S/C10H22O4Si/c1-6-9(11)14-15(4,5)10(12-7-2)13-8-3/h10H,6-8H2,1-5H3. The normalized spacial score (nSPS) is 11.9. The molecule has 90 valence electrons. The highest BCUT2D eigenvalue weighted by Crippen LogP contribution is 2.16. The van der Waals surface area contributed by atoms with E-state index in [1.807, 2.05) is 26.9 Å². The lowest BCUT2D eigenvalue weighted by molar-refractivity contribution is -0.139. The van der Waals surface area contributed by atoms with E-state index in [0.717, 1.165) is 0 Å². The molecule has 0 bridgehead atoms. The van der Waals surface area contributed by atoms with Crippen molar-refractivity contribution in [3.63, 3.8) is 0 Å². The van der Waals surface area contributed by atoms with Gasteiger partial charge in [-0.2, -0.15) is 0 Å². The van der Waals surface area contributed by atoms with E-state index in [1.54, 1.807) is 6.92 Å². The van der Waals surface area contributed by atoms with Crippen LogP contribution < -0.4 is 0 Å². The molecule has 15 heavy (non-hydrogen) atoms. The van der Waals surface area contributed by atoms with Crippen molar-refractivity contribution >= 4 is 14.3 Å². The zero-order valence-electron chi connectivity index (χ0n) is 10.3. The van der Waals surface area contributed by atoms with Crippen molar-refractivity contribution in [2.24, 2.45) is 0 Å². The molecule has 0 amide bonds. The van der Waals surface area contributed by atoms with E-state index in [1.165, 1.54) is 0 Å². The molecule has 0 radical (unpaired) electrons. The van der Waals surface area contributed by atoms with Gasteiger partial charge >= 0.3 is 8.32 Å². The van der Waals surface area contributed by atoms with Crippen LogP contribution in [0.3, 0.4) is 0 Å². The van der Waals surface area contributed by atoms with Crippen molar-refractivity contribution < 1.29 is 18.7 Å². The third-order valence-corrected chi connectivity index (χ3v) is 4.09. The highest BCUT2D eigenvalue weighted by Gasteiger charge is 2.38. The lowest BCUT2D eigenvalue weighted by Crippen LogP contribution is -2.49. The first-order valence-electron chi connectivity index (χ1n) is 5.42. The van der Waals surface area contributed by atoms with Gasteiger partial charge in [0.2, 0.25) is 0 Å². The molecule has 0 unspecified atom stereocenters. The number of carbonyl (C=O) groups excluding carboxylic acids is 1. The van der Waals surface area contributed by atoms with Crippen LogP contribution in [0.5, 0.6) is 0 Å². The number of ether oxygens (including phenoxy) is 2. The monoisotopic (exact) mass is 234 g/mol. The van der Waals surface area contributed by atoms with Crippen LogP contribution in [0, 0.1) is 0 Å². The van der Waals surface area contributed by atoms with Gasteiger partial charge < -0.3 is 13.9 Å². The van der Waals surface area contributed by atoms with E-state index in [2.05, 4.69) is 0 Å². The van der Waals surface area contributed by atoms with E-state index >= 15 is 0 Å². The maximum absolute atomic E-state index is 11.2. The molecule has 0 atom stereocenters. The fourth-order valence-corrected chi connectivity index (χ4v) is 3.13. The molecule has 0 saturated carbocycles. The summed E-state index contributed by atoms with van der Waals surface area (Å²) >= 11 is 0. The Hall–Kier alpha value is -0.393. The molecular formula is C10H22O4Si. The van der Waals surface area contributed by atoms with Gasteiger partial charge in [0.1, 0.15) is 0 Å². The lowest BCUT2D eigenvalue weighted by atomic mass is 10.5. The van der Waals surface area contributed by atoms with Gasteiger partial charge in [0.15, 0.2) is 5.91 Å². The Labute approximate surface area is 93.0 Å². The minimum Gasteiger partial charge on any atom is -0.514 e. The number of hydrogen-bond acceptors (Lipinski definition) is 4. The zero-order chi connectivity index (χ0) is 11.9. The second-order valence-electron chi connectivity index (χ2n) is 3.67. The third kappa shape index (κ3) is 5.29. The molecule has 0 aromatic carbocycles. The van der Waals surface area contributed by atoms with Crippen molar-refractivity contribution in [3.05, 3.63) is 0 Å². The summed E-state index contributed by atoms with van der Waals surface area (Å²) in [4.78, 5) is 11.2. The summed E-state index contributed by atoms with van der Waals surface area (Å²) in [5.74, 6) is -0.556. The maximum Gasteiger partial charge on any atom is 0.306 e. The predicted molar refractivity (Wildman–Crippen MR) is 60.9 cm³/mol. The molecule has 0 aromatic rings. The molecule has 0 rings (SSSR count). The minimum absolute atomic E-state index is 0.184. The molecule has 0 heterocycles. The third-order valence-electron chi connectivity index (χ3n) is 1.87. The Balaban J connectivity index is 4.39. The Morgan fingerprint density at radius 3 is 1.93 bits per heavy atom. The summed E-state index contributed by atoms with van der Waals surface area (Å²) in [6, 6.07) is 0. The average Bonchev–Trinajstić information content (AvgIpc) is 2.16. The number of carbonyl (C=O) groups is 1. The second-order valence-corrected chi connectivity index (χ2v) is 7.56. The Bertz CT molecular complexity index is 188. The van der Waals surface area contributed by atoms with Crippen LogP contribution in [-0.2, 0) is 18.7 Å². The van der Waals surface area contributed by atoms with Crippen molar-refractivity contribution in [2.75, 3.05) is 13.2 Å². The first-order chi connectivity index (χ1) is 6.97. The van der Waals surface area contributed by atoms with Gasteiger partial charge in [-0.1, -0.05) is 6.92 Å². The SMILES string of the molecule is CCOC(OCC)[Si](C)(C)OC(=O)CC. The van der Waals surface area contributed by atoms with Crippen LogP contribution in [0.25, 0.3) is 0 Å². The molecule has 4 nitrogen and oxygen atoms in total. The van der Waals surface area contributed by atoms with Crippen LogP contribution in [0.4, 0.5) is 0 Å². The summed E-state index contributed by atoms with van der Waals surface area (Å²) in [6.45, 7) is 10.6. The predicted octanol–water partition coefficient (Wildman–Crippen LogP) is 2.08. The first-order valence-corrected chi connectivity index (χ1v) is 8.41. The average molecular weight is 234 g/mol. The molecule has 0 aromatic heterocycles. The summed E-state index contributed by atoms with van der Waals surface area (Å²) in [6.07, 6.45) is 0.390. The highest BCUT2D eigenvalue weighted by atomic mass is 28.4. The molecule has 0 fully saturated rings. The summed E-state index contributed by atoms with van der Waals surface area (Å²) in [5.41, 5.74) is 0. The molecular weight excluding hydrogens is 212 g/mol. The van der Waals surface area contributed by atoms with Gasteiger partial charge in [-0.15, -0.1) is 0 Å². The van der Waals surface area contributed by atoms with Gasteiger partial charge in [-0.3, -0.25) is 4.79 Å². The molecule has 0 saturated heterocycles. The lowest BCUT2D eigenvalue weighted by Gasteiger charge is -2.30. The number of hydrogen-bond donors (Lipinski definition) is 0. The van der Waals surface area contributed by atoms with E-state index in [4.69, 9.17) is 13.9 Å². The summed E-state index contributed by atoms with van der Waals surface area (Å²) in [7, 11) is -2.25. The highest BCUT2D eigenvalue weighted by molar-refractivity contribution is 6.73. The molecule has 0 aliphatic rings. The van der Waals surface area contributed by atoms with E-state index < -0.39 is 8.32 Å². The fourth-order valence-electron chi connectivity index (χ4n) is 1.17. The Morgan fingerprint density at radius 2 is 1.60 bits per heavy atom. The molecule has 0 N–H and O–H groups in total. The Morgan fingerprint density at radius 1 is 1.13 bits per heavy atom. The largest absolute Gasteiger partial charge is 0.514 e. The summed E-state index contributed by atoms with van der Waals surface area (Å²) in [5, 5.41) is 0. The van der Waals surface area contributed by atoms with Crippen LogP contribution in [0.1, 0.15) is 27.2 Å². The minimum atomic E-state index is -2.25. The van der Waals surface area contributed by atoms with Gasteiger partial charge in [0.25, 0.3) is 5.97 Å². The topological polar surface area (TPSA) is 44.8 Å². The maximum atomic E-state index is 11.2. The molecule has 5 heteroatoms. The number of rotatable bonds is 7. The van der Waals surface area contributed by atoms with Crippen molar-refractivity contribution in [1.82, 2.24) is 0 Å². The van der Waals surface area contributed by atoms with Crippen LogP contribution in [0.2, 0.25) is 13.1 Å². The van der Waals surface area contributed by atoms with E-state index in [0.29, 0.717) is 19.6 Å². The fraction of sp³-hybridized carbons (Fsp3) is 0.900. The van der Waals surface area contributed by atoms with Crippen molar-refractivity contribution in [2.45, 2.75) is 46.2 Å². The van der Waals surface area contributed by atoms with Crippen molar-refractivity contribution in [1.29, 1.82) is 0 Å². The Kier molecular flexibility index (Phi) is 6.79. The van der Waals surface area contributed by atoms with E-state index in [9.17, 15) is 4.79 Å². The van der Waals surface area contributed by atoms with Crippen molar-refractivity contribution in [3.8, 4) is 0 Å². The molecule has 0 spiro atoms.